The Balaban J connectivity index is 2.07. The number of pyridine rings is 2. The second-order valence-electron chi connectivity index (χ2n) is 4.28. The summed E-state index contributed by atoms with van der Waals surface area (Å²) in [7, 11) is 1.73. The number of nitrogens with one attached hydrogen (secondary N) is 1. The molecular formula is C15H11Cl2N3O. The van der Waals surface area contributed by atoms with E-state index in [4.69, 9.17) is 27.9 Å². The van der Waals surface area contributed by atoms with E-state index in [0.717, 1.165) is 10.9 Å². The molecule has 106 valence electrons. The summed E-state index contributed by atoms with van der Waals surface area (Å²) in [6.45, 7) is 0. The molecule has 21 heavy (non-hydrogen) atoms. The van der Waals surface area contributed by atoms with Gasteiger partial charge in [-0.2, -0.15) is 4.98 Å². The van der Waals surface area contributed by atoms with Gasteiger partial charge in [0, 0.05) is 18.6 Å². The second kappa shape index (κ2) is 5.76. The lowest BCUT2D eigenvalue weighted by Crippen LogP contribution is -1.97. The minimum absolute atomic E-state index is 0.293. The van der Waals surface area contributed by atoms with Crippen LogP contribution in [0.1, 0.15) is 0 Å². The highest BCUT2D eigenvalue weighted by atomic mass is 35.5. The molecule has 0 aliphatic heterocycles. The van der Waals surface area contributed by atoms with Crippen LogP contribution in [-0.4, -0.2) is 17.0 Å². The fourth-order valence-electron chi connectivity index (χ4n) is 1.96. The minimum atomic E-state index is 0.293. The standard InChI is InChI=1S/C15H11Cl2N3O/c1-18-14-10(16)8-11(17)15(20-14)21-13-6-2-5-12-9(13)4-3-7-19-12/h2-8H,1H3,(H,18,20). The number of hydrogen-bond acceptors (Lipinski definition) is 4. The number of hydrogen-bond donors (Lipinski definition) is 1. The van der Waals surface area contributed by atoms with Gasteiger partial charge in [-0.3, -0.25) is 4.98 Å². The van der Waals surface area contributed by atoms with Gasteiger partial charge in [0.15, 0.2) is 0 Å². The number of fused-ring (bicyclic) bond motifs is 1. The summed E-state index contributed by atoms with van der Waals surface area (Å²) in [6.07, 6.45) is 1.73. The van der Waals surface area contributed by atoms with Crippen molar-refractivity contribution in [1.29, 1.82) is 0 Å². The molecule has 0 saturated carbocycles. The van der Waals surface area contributed by atoms with Gasteiger partial charge in [-0.1, -0.05) is 29.3 Å². The lowest BCUT2D eigenvalue weighted by atomic mass is 10.2. The predicted octanol–water partition coefficient (Wildman–Crippen LogP) is 4.77. The van der Waals surface area contributed by atoms with E-state index in [2.05, 4.69) is 15.3 Å². The Morgan fingerprint density at radius 3 is 2.76 bits per heavy atom. The lowest BCUT2D eigenvalue weighted by molar-refractivity contribution is 0.469. The molecule has 2 heterocycles. The summed E-state index contributed by atoms with van der Waals surface area (Å²) < 4.78 is 5.84. The molecule has 0 radical (unpaired) electrons. The van der Waals surface area contributed by atoms with Gasteiger partial charge in [-0.15, -0.1) is 0 Å². The van der Waals surface area contributed by atoms with Crippen molar-refractivity contribution >= 4 is 39.9 Å². The topological polar surface area (TPSA) is 47.0 Å². The van der Waals surface area contributed by atoms with Gasteiger partial charge in [-0.25, -0.2) is 0 Å². The molecule has 3 aromatic rings. The van der Waals surface area contributed by atoms with E-state index >= 15 is 0 Å². The van der Waals surface area contributed by atoms with E-state index in [1.807, 2.05) is 30.3 Å². The Kier molecular flexibility index (Phi) is 3.82. The number of ether oxygens (including phenoxy) is 1. The van der Waals surface area contributed by atoms with Gasteiger partial charge >= 0.3 is 0 Å². The van der Waals surface area contributed by atoms with E-state index in [0.29, 0.717) is 27.5 Å². The first-order valence-electron chi connectivity index (χ1n) is 6.24. The fourth-order valence-corrected chi connectivity index (χ4v) is 2.46. The van der Waals surface area contributed by atoms with Crippen LogP contribution in [0.2, 0.25) is 10.0 Å². The first-order valence-corrected chi connectivity index (χ1v) is 7.00. The van der Waals surface area contributed by atoms with Crippen LogP contribution >= 0.6 is 23.2 Å². The van der Waals surface area contributed by atoms with Crippen LogP contribution in [0, 0.1) is 0 Å². The summed E-state index contributed by atoms with van der Waals surface area (Å²) in [5.74, 6) is 1.44. The van der Waals surface area contributed by atoms with Crippen molar-refractivity contribution in [2.75, 3.05) is 12.4 Å². The monoisotopic (exact) mass is 319 g/mol. The van der Waals surface area contributed by atoms with Crippen LogP contribution < -0.4 is 10.1 Å². The molecule has 2 aromatic heterocycles. The van der Waals surface area contributed by atoms with E-state index < -0.39 is 0 Å². The van der Waals surface area contributed by atoms with Crippen LogP contribution in [0.5, 0.6) is 11.6 Å². The average Bonchev–Trinajstić information content (AvgIpc) is 2.50. The number of rotatable bonds is 3. The number of halogens is 2. The first kappa shape index (κ1) is 13.9. The normalized spacial score (nSPS) is 10.6. The third-order valence-corrected chi connectivity index (χ3v) is 3.51. The van der Waals surface area contributed by atoms with Gasteiger partial charge in [-0.05, 0) is 30.3 Å². The highest BCUT2D eigenvalue weighted by molar-refractivity contribution is 6.36. The van der Waals surface area contributed by atoms with Crippen molar-refractivity contribution < 1.29 is 4.74 Å². The van der Waals surface area contributed by atoms with Crippen molar-refractivity contribution in [2.45, 2.75) is 0 Å². The van der Waals surface area contributed by atoms with E-state index in [1.54, 1.807) is 19.3 Å². The number of anilines is 1. The molecule has 0 fully saturated rings. The second-order valence-corrected chi connectivity index (χ2v) is 5.10. The van der Waals surface area contributed by atoms with E-state index in [9.17, 15) is 0 Å². The zero-order chi connectivity index (χ0) is 14.8. The summed E-state index contributed by atoms with van der Waals surface area (Å²) in [4.78, 5) is 8.56. The molecule has 6 heteroatoms. The van der Waals surface area contributed by atoms with Crippen molar-refractivity contribution in [2.24, 2.45) is 0 Å². The first-order chi connectivity index (χ1) is 10.2. The summed E-state index contributed by atoms with van der Waals surface area (Å²) >= 11 is 12.2. The molecule has 0 aliphatic rings. The Hall–Kier alpha value is -2.04. The smallest absolute Gasteiger partial charge is 0.240 e. The SMILES string of the molecule is CNc1nc(Oc2cccc3ncccc23)c(Cl)cc1Cl. The molecule has 0 saturated heterocycles. The van der Waals surface area contributed by atoms with Gasteiger partial charge in [0.05, 0.1) is 10.5 Å². The van der Waals surface area contributed by atoms with Crippen molar-refractivity contribution in [3.63, 3.8) is 0 Å². The van der Waals surface area contributed by atoms with Crippen LogP contribution in [0.25, 0.3) is 10.9 Å². The molecule has 0 spiro atoms. The molecular weight excluding hydrogens is 309 g/mol. The molecule has 0 aliphatic carbocycles. The van der Waals surface area contributed by atoms with E-state index in [-0.39, 0.29) is 0 Å². The molecule has 0 atom stereocenters. The van der Waals surface area contributed by atoms with Gasteiger partial charge in [0.25, 0.3) is 0 Å². The fraction of sp³-hybridized carbons (Fsp3) is 0.0667. The molecule has 0 unspecified atom stereocenters. The lowest BCUT2D eigenvalue weighted by Gasteiger charge is -2.11. The number of aromatic nitrogens is 2. The van der Waals surface area contributed by atoms with Crippen LogP contribution in [0.3, 0.4) is 0 Å². The van der Waals surface area contributed by atoms with Crippen LogP contribution in [-0.2, 0) is 0 Å². The maximum absolute atomic E-state index is 6.14. The highest BCUT2D eigenvalue weighted by Gasteiger charge is 2.12. The third-order valence-electron chi connectivity index (χ3n) is 2.95. The largest absolute Gasteiger partial charge is 0.437 e. The predicted molar refractivity (Wildman–Crippen MR) is 85.6 cm³/mol. The van der Waals surface area contributed by atoms with E-state index in [1.165, 1.54) is 0 Å². The Morgan fingerprint density at radius 2 is 1.95 bits per heavy atom. The Labute approximate surface area is 131 Å². The number of nitrogens with zero attached hydrogens (tertiary/aromatic N) is 2. The Bertz CT molecular complexity index is 803. The van der Waals surface area contributed by atoms with Crippen molar-refractivity contribution in [3.05, 3.63) is 52.6 Å². The summed E-state index contributed by atoms with van der Waals surface area (Å²) in [5, 5.41) is 4.57. The van der Waals surface area contributed by atoms with Crippen LogP contribution in [0.15, 0.2) is 42.6 Å². The molecule has 1 N–H and O–H groups in total. The maximum atomic E-state index is 6.14. The molecule has 1 aromatic carbocycles. The number of benzene rings is 1. The quantitative estimate of drug-likeness (QED) is 0.755. The molecule has 0 amide bonds. The van der Waals surface area contributed by atoms with Gasteiger partial charge < -0.3 is 10.1 Å². The minimum Gasteiger partial charge on any atom is -0.437 e. The zero-order valence-corrected chi connectivity index (χ0v) is 12.6. The summed E-state index contributed by atoms with van der Waals surface area (Å²) in [6, 6.07) is 11.0. The molecule has 3 rings (SSSR count). The Morgan fingerprint density at radius 1 is 1.10 bits per heavy atom. The zero-order valence-electron chi connectivity index (χ0n) is 11.1. The van der Waals surface area contributed by atoms with Crippen molar-refractivity contribution in [3.8, 4) is 11.6 Å². The van der Waals surface area contributed by atoms with Gasteiger partial charge in [0.2, 0.25) is 5.88 Å². The maximum Gasteiger partial charge on any atom is 0.240 e. The van der Waals surface area contributed by atoms with Crippen LogP contribution in [0.4, 0.5) is 5.82 Å². The highest BCUT2D eigenvalue weighted by Crippen LogP contribution is 2.35. The third kappa shape index (κ3) is 2.73. The van der Waals surface area contributed by atoms with Gasteiger partial charge in [0.1, 0.15) is 16.6 Å². The van der Waals surface area contributed by atoms with Crippen molar-refractivity contribution in [1.82, 2.24) is 9.97 Å². The summed E-state index contributed by atoms with van der Waals surface area (Å²) in [5.41, 5.74) is 0.842. The average molecular weight is 320 g/mol. The molecule has 4 nitrogen and oxygen atoms in total. The molecule has 0 bridgehead atoms.